The lowest BCUT2D eigenvalue weighted by Crippen LogP contribution is -2.28. The first kappa shape index (κ1) is 12.1. The monoisotopic (exact) mass is 252 g/mol. The number of fused-ring (bicyclic) bond motifs is 1. The zero-order valence-corrected chi connectivity index (χ0v) is 11.0. The van der Waals surface area contributed by atoms with Crippen molar-refractivity contribution in [1.29, 1.82) is 0 Å². The van der Waals surface area contributed by atoms with Crippen LogP contribution in [-0.4, -0.2) is 34.8 Å². The SMILES string of the molecule is Cc1cc2c(N(C)CC(C)O)nc(N)nc2s1. The van der Waals surface area contributed by atoms with Crippen molar-refractivity contribution in [2.75, 3.05) is 24.2 Å². The highest BCUT2D eigenvalue weighted by Gasteiger charge is 2.14. The standard InChI is InChI=1S/C11H16N4OS/c1-6(16)5-15(3)9-8-4-7(2)17-10(8)14-11(12)13-9/h4,6,16H,5H2,1-3H3,(H2,12,13,14). The first-order chi connectivity index (χ1) is 7.97. The Labute approximate surface area is 104 Å². The van der Waals surface area contributed by atoms with Crippen LogP contribution in [0.3, 0.4) is 0 Å². The number of hydrogen-bond donors (Lipinski definition) is 2. The molecule has 6 heteroatoms. The molecule has 2 aromatic rings. The maximum absolute atomic E-state index is 9.42. The van der Waals surface area contributed by atoms with Gasteiger partial charge in [-0.3, -0.25) is 0 Å². The normalized spacial score (nSPS) is 12.9. The van der Waals surface area contributed by atoms with Crippen LogP contribution in [0.4, 0.5) is 11.8 Å². The molecule has 1 unspecified atom stereocenters. The molecule has 0 bridgehead atoms. The number of nitrogens with two attached hydrogens (primary N) is 1. The van der Waals surface area contributed by atoms with Crippen LogP contribution in [0, 0.1) is 6.92 Å². The minimum absolute atomic E-state index is 0.270. The molecule has 0 aliphatic carbocycles. The lowest BCUT2D eigenvalue weighted by molar-refractivity contribution is 0.201. The Balaban J connectivity index is 2.51. The lowest BCUT2D eigenvalue weighted by Gasteiger charge is -2.20. The summed E-state index contributed by atoms with van der Waals surface area (Å²) in [6, 6.07) is 2.05. The quantitative estimate of drug-likeness (QED) is 0.863. The molecule has 0 aliphatic rings. The van der Waals surface area contributed by atoms with Crippen molar-refractivity contribution in [3.8, 4) is 0 Å². The number of nitrogens with zero attached hydrogens (tertiary/aromatic N) is 3. The molecule has 0 radical (unpaired) electrons. The van der Waals surface area contributed by atoms with Crippen LogP contribution in [0.15, 0.2) is 6.07 Å². The molecule has 0 aromatic carbocycles. The van der Waals surface area contributed by atoms with E-state index in [4.69, 9.17) is 5.73 Å². The molecule has 0 spiro atoms. The van der Waals surface area contributed by atoms with Crippen molar-refractivity contribution in [1.82, 2.24) is 9.97 Å². The summed E-state index contributed by atoms with van der Waals surface area (Å²) in [4.78, 5) is 12.4. The number of anilines is 2. The van der Waals surface area contributed by atoms with Crippen LogP contribution < -0.4 is 10.6 Å². The van der Waals surface area contributed by atoms with E-state index >= 15 is 0 Å². The number of likely N-dealkylation sites (N-methyl/N-ethyl adjacent to an activating group) is 1. The van der Waals surface area contributed by atoms with Crippen molar-refractivity contribution in [3.05, 3.63) is 10.9 Å². The van der Waals surface area contributed by atoms with Gasteiger partial charge in [0.25, 0.3) is 0 Å². The average molecular weight is 252 g/mol. The van der Waals surface area contributed by atoms with Crippen molar-refractivity contribution in [2.24, 2.45) is 0 Å². The number of aliphatic hydroxyl groups is 1. The van der Waals surface area contributed by atoms with E-state index in [0.717, 1.165) is 16.0 Å². The second-order valence-electron chi connectivity index (χ2n) is 4.21. The first-order valence-electron chi connectivity index (χ1n) is 5.40. The van der Waals surface area contributed by atoms with E-state index in [1.165, 1.54) is 4.88 Å². The minimum Gasteiger partial charge on any atom is -0.392 e. The molecule has 1 atom stereocenters. The third-order valence-corrected chi connectivity index (χ3v) is 3.36. The Kier molecular flexibility index (Phi) is 3.17. The molecule has 2 heterocycles. The zero-order chi connectivity index (χ0) is 12.6. The van der Waals surface area contributed by atoms with Crippen LogP contribution in [0.2, 0.25) is 0 Å². The van der Waals surface area contributed by atoms with Gasteiger partial charge in [0, 0.05) is 18.5 Å². The van der Waals surface area contributed by atoms with Crippen molar-refractivity contribution >= 4 is 33.3 Å². The zero-order valence-electron chi connectivity index (χ0n) is 10.1. The van der Waals surface area contributed by atoms with E-state index in [1.807, 2.05) is 24.9 Å². The summed E-state index contributed by atoms with van der Waals surface area (Å²) in [6.45, 7) is 4.29. The molecule has 17 heavy (non-hydrogen) atoms. The summed E-state index contributed by atoms with van der Waals surface area (Å²) in [5, 5.41) is 10.4. The van der Waals surface area contributed by atoms with Gasteiger partial charge in [0.1, 0.15) is 10.6 Å². The van der Waals surface area contributed by atoms with E-state index < -0.39 is 6.10 Å². The Morgan fingerprint density at radius 1 is 1.53 bits per heavy atom. The molecule has 5 nitrogen and oxygen atoms in total. The van der Waals surface area contributed by atoms with E-state index in [1.54, 1.807) is 18.3 Å². The second-order valence-corrected chi connectivity index (χ2v) is 5.45. The highest BCUT2D eigenvalue weighted by atomic mass is 32.1. The Hall–Kier alpha value is -1.40. The molecule has 0 saturated heterocycles. The van der Waals surface area contributed by atoms with Crippen molar-refractivity contribution in [3.63, 3.8) is 0 Å². The van der Waals surface area contributed by atoms with Gasteiger partial charge in [0.15, 0.2) is 0 Å². The summed E-state index contributed by atoms with van der Waals surface area (Å²) < 4.78 is 0. The van der Waals surface area contributed by atoms with Crippen LogP contribution >= 0.6 is 11.3 Å². The predicted molar refractivity (Wildman–Crippen MR) is 71.5 cm³/mol. The summed E-state index contributed by atoms with van der Waals surface area (Å²) >= 11 is 1.60. The first-order valence-corrected chi connectivity index (χ1v) is 6.22. The summed E-state index contributed by atoms with van der Waals surface area (Å²) in [5.74, 6) is 1.05. The molecule has 0 aliphatic heterocycles. The molecule has 0 amide bonds. The maximum atomic E-state index is 9.42. The third kappa shape index (κ3) is 2.48. The fourth-order valence-electron chi connectivity index (χ4n) is 1.82. The Bertz CT molecular complexity index is 537. The van der Waals surface area contributed by atoms with Gasteiger partial charge in [-0.05, 0) is 19.9 Å². The summed E-state index contributed by atoms with van der Waals surface area (Å²) in [7, 11) is 1.89. The van der Waals surface area contributed by atoms with Gasteiger partial charge in [0.2, 0.25) is 5.95 Å². The minimum atomic E-state index is -0.411. The molecule has 0 fully saturated rings. The number of hydrogen-bond acceptors (Lipinski definition) is 6. The number of aryl methyl sites for hydroxylation is 1. The van der Waals surface area contributed by atoms with Gasteiger partial charge in [-0.1, -0.05) is 0 Å². The van der Waals surface area contributed by atoms with Crippen molar-refractivity contribution < 1.29 is 5.11 Å². The highest BCUT2D eigenvalue weighted by Crippen LogP contribution is 2.30. The summed E-state index contributed by atoms with van der Waals surface area (Å²) in [6.07, 6.45) is -0.411. The Morgan fingerprint density at radius 2 is 2.24 bits per heavy atom. The Morgan fingerprint density at radius 3 is 2.88 bits per heavy atom. The number of rotatable bonds is 3. The van der Waals surface area contributed by atoms with Crippen LogP contribution in [0.5, 0.6) is 0 Å². The molecular formula is C11H16N4OS. The average Bonchev–Trinajstić information content (AvgIpc) is 2.55. The number of thiophene rings is 1. The molecule has 92 valence electrons. The number of aromatic nitrogens is 2. The van der Waals surface area contributed by atoms with Crippen molar-refractivity contribution in [2.45, 2.75) is 20.0 Å². The number of nitrogen functional groups attached to an aromatic ring is 1. The van der Waals surface area contributed by atoms with E-state index in [2.05, 4.69) is 9.97 Å². The van der Waals surface area contributed by atoms with E-state index in [0.29, 0.717) is 6.54 Å². The third-order valence-electron chi connectivity index (χ3n) is 2.41. The fraction of sp³-hybridized carbons (Fsp3) is 0.455. The fourth-order valence-corrected chi connectivity index (χ4v) is 2.70. The lowest BCUT2D eigenvalue weighted by atomic mass is 10.3. The van der Waals surface area contributed by atoms with Crippen LogP contribution in [0.1, 0.15) is 11.8 Å². The second kappa shape index (κ2) is 4.46. The van der Waals surface area contributed by atoms with Gasteiger partial charge < -0.3 is 15.7 Å². The van der Waals surface area contributed by atoms with Gasteiger partial charge in [-0.25, -0.2) is 4.98 Å². The smallest absolute Gasteiger partial charge is 0.223 e. The molecule has 3 N–H and O–H groups in total. The van der Waals surface area contributed by atoms with Crippen LogP contribution in [-0.2, 0) is 0 Å². The van der Waals surface area contributed by atoms with Crippen LogP contribution in [0.25, 0.3) is 10.2 Å². The van der Waals surface area contributed by atoms with Gasteiger partial charge in [0.05, 0.1) is 11.5 Å². The summed E-state index contributed by atoms with van der Waals surface area (Å²) in [5.41, 5.74) is 5.70. The maximum Gasteiger partial charge on any atom is 0.223 e. The molecule has 0 saturated carbocycles. The molecule has 2 rings (SSSR count). The van der Waals surface area contributed by atoms with Gasteiger partial charge >= 0.3 is 0 Å². The van der Waals surface area contributed by atoms with Gasteiger partial charge in [-0.2, -0.15) is 4.98 Å². The number of aliphatic hydroxyl groups excluding tert-OH is 1. The van der Waals surface area contributed by atoms with E-state index in [9.17, 15) is 5.11 Å². The van der Waals surface area contributed by atoms with E-state index in [-0.39, 0.29) is 5.95 Å². The predicted octanol–water partition coefficient (Wildman–Crippen LogP) is 1.40. The molecular weight excluding hydrogens is 236 g/mol. The topological polar surface area (TPSA) is 75.3 Å². The van der Waals surface area contributed by atoms with Gasteiger partial charge in [-0.15, -0.1) is 11.3 Å². The largest absolute Gasteiger partial charge is 0.392 e. The molecule has 2 aromatic heterocycles. The highest BCUT2D eigenvalue weighted by molar-refractivity contribution is 7.18.